The Labute approximate surface area is 170 Å². The predicted molar refractivity (Wildman–Crippen MR) is 113 cm³/mol. The first-order valence-electron chi connectivity index (χ1n) is 9.99. The third kappa shape index (κ3) is 2.85. The van der Waals surface area contributed by atoms with Crippen LogP contribution in [0.25, 0.3) is 11.1 Å². The van der Waals surface area contributed by atoms with Gasteiger partial charge in [0.2, 0.25) is 0 Å². The Morgan fingerprint density at radius 3 is 2.55 bits per heavy atom. The van der Waals surface area contributed by atoms with Gasteiger partial charge in [-0.05, 0) is 43.0 Å². The van der Waals surface area contributed by atoms with E-state index >= 15 is 0 Å². The first-order chi connectivity index (χ1) is 14.2. The average Bonchev–Trinajstić information content (AvgIpc) is 3.08. The summed E-state index contributed by atoms with van der Waals surface area (Å²) in [6.45, 7) is 2.03. The number of hydrogen-bond donors (Lipinski definition) is 1. The molecule has 0 amide bonds. The lowest BCUT2D eigenvalue weighted by Crippen LogP contribution is -2.31. The number of allylic oxidation sites excluding steroid dienone is 2. The molecule has 0 radical (unpaired) electrons. The van der Waals surface area contributed by atoms with Crippen LogP contribution >= 0.6 is 0 Å². The molecular formula is C24H23N3O2. The summed E-state index contributed by atoms with van der Waals surface area (Å²) in [6, 6.07) is 18.0. The molecule has 2 aromatic carbocycles. The molecule has 29 heavy (non-hydrogen) atoms. The highest BCUT2D eigenvalue weighted by Crippen LogP contribution is 2.45. The molecule has 1 atom stereocenters. The molecule has 0 fully saturated rings. The molecule has 5 nitrogen and oxygen atoms in total. The molecule has 2 aliphatic rings. The molecule has 1 aliphatic carbocycles. The quantitative estimate of drug-likeness (QED) is 0.697. The number of nitrogens with zero attached hydrogens (tertiary/aromatic N) is 2. The summed E-state index contributed by atoms with van der Waals surface area (Å²) in [5, 5.41) is 8.46. The van der Waals surface area contributed by atoms with Crippen molar-refractivity contribution in [3.8, 4) is 16.9 Å². The maximum atomic E-state index is 12.9. The Morgan fingerprint density at radius 2 is 1.83 bits per heavy atom. The predicted octanol–water partition coefficient (Wildman–Crippen LogP) is 4.89. The minimum Gasteiger partial charge on any atom is -0.497 e. The van der Waals surface area contributed by atoms with Crippen molar-refractivity contribution in [1.29, 1.82) is 0 Å². The number of aromatic nitrogens is 2. The van der Waals surface area contributed by atoms with E-state index in [1.807, 2.05) is 54.1 Å². The molecule has 0 bridgehead atoms. The molecule has 0 saturated carbocycles. The third-order valence-electron chi connectivity index (χ3n) is 5.82. The van der Waals surface area contributed by atoms with Crippen LogP contribution in [-0.4, -0.2) is 22.7 Å². The lowest BCUT2D eigenvalue weighted by atomic mass is 9.85. The van der Waals surface area contributed by atoms with Crippen LogP contribution in [0.5, 0.6) is 5.75 Å². The summed E-state index contributed by atoms with van der Waals surface area (Å²) in [7, 11) is 1.66. The molecule has 0 saturated heterocycles. The van der Waals surface area contributed by atoms with Gasteiger partial charge < -0.3 is 10.1 Å². The summed E-state index contributed by atoms with van der Waals surface area (Å²) in [5.74, 6) is 1.97. The van der Waals surface area contributed by atoms with Gasteiger partial charge in [-0.3, -0.25) is 4.79 Å². The monoisotopic (exact) mass is 385 g/mol. The molecule has 0 unspecified atom stereocenters. The number of hydrogen-bond acceptors (Lipinski definition) is 4. The Hall–Kier alpha value is -3.34. The van der Waals surface area contributed by atoms with Gasteiger partial charge in [0.15, 0.2) is 5.78 Å². The number of carbonyl (C=O) groups is 1. The molecule has 1 aliphatic heterocycles. The Bertz CT molecular complexity index is 1110. The summed E-state index contributed by atoms with van der Waals surface area (Å²) < 4.78 is 7.31. The summed E-state index contributed by atoms with van der Waals surface area (Å²) in [6.07, 6.45) is 2.36. The lowest BCUT2D eigenvalue weighted by molar-refractivity contribution is -0.116. The van der Waals surface area contributed by atoms with E-state index in [-0.39, 0.29) is 11.8 Å². The smallest absolute Gasteiger partial charge is 0.163 e. The van der Waals surface area contributed by atoms with Gasteiger partial charge >= 0.3 is 0 Å². The maximum absolute atomic E-state index is 12.9. The molecule has 5 heteroatoms. The van der Waals surface area contributed by atoms with E-state index in [0.717, 1.165) is 58.1 Å². The fourth-order valence-corrected chi connectivity index (χ4v) is 4.47. The number of methoxy groups -OCH3 is 1. The SMILES string of the molecule is COc1ccc([C@H]2C3=C(CCCC3=O)Nc3c(-c4ccccc4)c(C)nn32)cc1. The number of benzene rings is 2. The number of aryl methyl sites for hydroxylation is 1. The van der Waals surface area contributed by atoms with Crippen molar-refractivity contribution in [2.24, 2.45) is 0 Å². The van der Waals surface area contributed by atoms with Crippen molar-refractivity contribution >= 4 is 11.6 Å². The van der Waals surface area contributed by atoms with Crippen LogP contribution < -0.4 is 10.1 Å². The summed E-state index contributed by atoms with van der Waals surface area (Å²) >= 11 is 0. The number of Topliss-reactive ketones (excluding diaryl/α,β-unsaturated/α-hetero) is 1. The highest BCUT2D eigenvalue weighted by molar-refractivity contribution is 6.00. The number of ether oxygens (including phenoxy) is 1. The lowest BCUT2D eigenvalue weighted by Gasteiger charge is -2.33. The van der Waals surface area contributed by atoms with Crippen LogP contribution in [0.1, 0.15) is 36.6 Å². The van der Waals surface area contributed by atoms with Gasteiger partial charge in [0, 0.05) is 23.3 Å². The number of nitrogens with one attached hydrogen (secondary N) is 1. The van der Waals surface area contributed by atoms with Crippen molar-refractivity contribution < 1.29 is 9.53 Å². The van der Waals surface area contributed by atoms with Crippen molar-refractivity contribution in [2.75, 3.05) is 12.4 Å². The minimum absolute atomic E-state index is 0.208. The van der Waals surface area contributed by atoms with Crippen LogP contribution in [0.4, 0.5) is 5.82 Å². The fraction of sp³-hybridized carbons (Fsp3) is 0.250. The average molecular weight is 385 g/mol. The number of ketones is 1. The molecule has 146 valence electrons. The van der Waals surface area contributed by atoms with E-state index < -0.39 is 0 Å². The highest BCUT2D eigenvalue weighted by Gasteiger charge is 2.37. The third-order valence-corrected chi connectivity index (χ3v) is 5.82. The zero-order valence-electron chi connectivity index (χ0n) is 16.6. The van der Waals surface area contributed by atoms with E-state index in [2.05, 4.69) is 17.4 Å². The zero-order chi connectivity index (χ0) is 20.0. The van der Waals surface area contributed by atoms with Crippen LogP contribution in [0.2, 0.25) is 0 Å². The van der Waals surface area contributed by atoms with E-state index in [0.29, 0.717) is 6.42 Å². The number of rotatable bonds is 3. The van der Waals surface area contributed by atoms with E-state index in [1.165, 1.54) is 0 Å². The molecule has 1 aromatic heterocycles. The molecule has 3 aromatic rings. The molecule has 5 rings (SSSR count). The normalized spacial score (nSPS) is 18.1. The van der Waals surface area contributed by atoms with Gasteiger partial charge in [-0.25, -0.2) is 4.68 Å². The molecular weight excluding hydrogens is 362 g/mol. The van der Waals surface area contributed by atoms with Gasteiger partial charge in [0.25, 0.3) is 0 Å². The van der Waals surface area contributed by atoms with Crippen LogP contribution in [0.15, 0.2) is 65.9 Å². The zero-order valence-corrected chi connectivity index (χ0v) is 16.6. The standard InChI is InChI=1S/C24H23N3O2/c1-15-21(16-7-4-3-5-8-16)24-25-19-9-6-10-20(28)22(19)23(27(24)26-15)17-11-13-18(29-2)14-12-17/h3-5,7-8,11-14,23,25H,6,9-10H2,1-2H3/t23-/m0/s1. The number of fused-ring (bicyclic) bond motifs is 1. The largest absolute Gasteiger partial charge is 0.497 e. The van der Waals surface area contributed by atoms with E-state index in [4.69, 9.17) is 9.84 Å². The Kier molecular flexibility index (Phi) is 4.23. The second kappa shape index (κ2) is 6.92. The van der Waals surface area contributed by atoms with E-state index in [1.54, 1.807) is 7.11 Å². The Morgan fingerprint density at radius 1 is 1.07 bits per heavy atom. The summed E-state index contributed by atoms with van der Waals surface area (Å²) in [5.41, 5.74) is 6.08. The molecule has 0 spiro atoms. The van der Waals surface area contributed by atoms with Crippen LogP contribution in [-0.2, 0) is 4.79 Å². The van der Waals surface area contributed by atoms with Gasteiger partial charge in [-0.2, -0.15) is 5.10 Å². The first kappa shape index (κ1) is 17.7. The van der Waals surface area contributed by atoms with Crippen LogP contribution in [0.3, 0.4) is 0 Å². The first-order valence-corrected chi connectivity index (χ1v) is 9.99. The topological polar surface area (TPSA) is 56.1 Å². The Balaban J connectivity index is 1.72. The van der Waals surface area contributed by atoms with Crippen molar-refractivity contribution in [1.82, 2.24) is 9.78 Å². The van der Waals surface area contributed by atoms with Gasteiger partial charge in [-0.1, -0.05) is 42.5 Å². The van der Waals surface area contributed by atoms with Crippen molar-refractivity contribution in [3.63, 3.8) is 0 Å². The van der Waals surface area contributed by atoms with Gasteiger partial charge in [0.1, 0.15) is 17.6 Å². The fourth-order valence-electron chi connectivity index (χ4n) is 4.47. The maximum Gasteiger partial charge on any atom is 0.163 e. The minimum atomic E-state index is -0.226. The van der Waals surface area contributed by atoms with Crippen molar-refractivity contribution in [3.05, 3.63) is 77.1 Å². The summed E-state index contributed by atoms with van der Waals surface area (Å²) in [4.78, 5) is 12.9. The van der Waals surface area contributed by atoms with Gasteiger partial charge in [0.05, 0.1) is 12.8 Å². The highest BCUT2D eigenvalue weighted by atomic mass is 16.5. The van der Waals surface area contributed by atoms with Gasteiger partial charge in [-0.15, -0.1) is 0 Å². The second-order valence-corrected chi connectivity index (χ2v) is 7.59. The van der Waals surface area contributed by atoms with Crippen LogP contribution in [0, 0.1) is 6.92 Å². The second-order valence-electron chi connectivity index (χ2n) is 7.59. The molecule has 1 N–H and O–H groups in total. The number of carbonyl (C=O) groups excluding carboxylic acids is 1. The molecule has 2 heterocycles. The van der Waals surface area contributed by atoms with Crippen molar-refractivity contribution in [2.45, 2.75) is 32.2 Å². The number of anilines is 1. The van der Waals surface area contributed by atoms with E-state index in [9.17, 15) is 4.79 Å².